The van der Waals surface area contributed by atoms with Gasteiger partial charge in [-0.15, -0.1) is 0 Å². The van der Waals surface area contributed by atoms with Crippen LogP contribution in [0.3, 0.4) is 0 Å². The average molecular weight is 335 g/mol. The van der Waals surface area contributed by atoms with Gasteiger partial charge in [0.25, 0.3) is 0 Å². The van der Waals surface area contributed by atoms with E-state index in [1.54, 1.807) is 18.2 Å². The first-order valence-electron chi connectivity index (χ1n) is 6.75. The van der Waals surface area contributed by atoms with E-state index in [9.17, 15) is 13.2 Å². The Hall–Kier alpha value is -2.54. The van der Waals surface area contributed by atoms with Gasteiger partial charge >= 0.3 is 6.18 Å². The maximum absolute atomic E-state index is 12.7. The number of H-pyrrole nitrogens is 1. The van der Waals surface area contributed by atoms with Crippen molar-refractivity contribution in [1.29, 1.82) is 0 Å². The molecule has 3 nitrogen and oxygen atoms in total. The number of halogens is 3. The molecule has 3 aromatic rings. The number of rotatable bonds is 2. The number of thiocarbonyl (C=S) groups is 1. The Morgan fingerprint density at radius 2 is 1.61 bits per heavy atom. The lowest BCUT2D eigenvalue weighted by atomic mass is 10.2. The van der Waals surface area contributed by atoms with Crippen LogP contribution in [-0.4, -0.2) is 10.1 Å². The van der Waals surface area contributed by atoms with E-state index in [0.717, 1.165) is 11.8 Å². The van der Waals surface area contributed by atoms with Crippen LogP contribution in [-0.2, 0) is 6.18 Å². The van der Waals surface area contributed by atoms with Gasteiger partial charge in [0.1, 0.15) is 5.69 Å². The minimum absolute atomic E-state index is 0.363. The number of para-hydroxylation sites is 1. The Morgan fingerprint density at radius 3 is 2.30 bits per heavy atom. The van der Waals surface area contributed by atoms with Crippen LogP contribution in [0.25, 0.3) is 10.9 Å². The molecule has 0 aliphatic rings. The van der Waals surface area contributed by atoms with Crippen molar-refractivity contribution in [2.24, 2.45) is 0 Å². The molecule has 0 amide bonds. The third-order valence-corrected chi connectivity index (χ3v) is 3.42. The van der Waals surface area contributed by atoms with Crippen LogP contribution in [0, 0.1) is 0 Å². The predicted molar refractivity (Wildman–Crippen MR) is 89.6 cm³/mol. The molecule has 0 saturated carbocycles. The molecule has 2 aromatic carbocycles. The van der Waals surface area contributed by atoms with Gasteiger partial charge in [0.15, 0.2) is 5.11 Å². The number of hydrogen-bond acceptors (Lipinski definition) is 1. The smallest absolute Gasteiger partial charge is 0.351 e. The van der Waals surface area contributed by atoms with E-state index >= 15 is 0 Å². The summed E-state index contributed by atoms with van der Waals surface area (Å²) in [6.45, 7) is 0. The van der Waals surface area contributed by atoms with Crippen LogP contribution < -0.4 is 10.6 Å². The monoisotopic (exact) mass is 335 g/mol. The molecule has 0 saturated heterocycles. The van der Waals surface area contributed by atoms with Crippen LogP contribution in [0.4, 0.5) is 24.5 Å². The second-order valence-corrected chi connectivity index (χ2v) is 5.34. The van der Waals surface area contributed by atoms with Crippen LogP contribution in [0.1, 0.15) is 5.69 Å². The van der Waals surface area contributed by atoms with Crippen molar-refractivity contribution in [2.45, 2.75) is 6.18 Å². The second kappa shape index (κ2) is 5.92. The molecule has 1 heterocycles. The number of nitrogens with one attached hydrogen (secondary N) is 3. The summed E-state index contributed by atoms with van der Waals surface area (Å²) in [7, 11) is 0. The summed E-state index contributed by atoms with van der Waals surface area (Å²) in [4.78, 5) is 2.35. The number of aromatic nitrogens is 1. The van der Waals surface area contributed by atoms with E-state index < -0.39 is 11.9 Å². The molecule has 3 N–H and O–H groups in total. The fraction of sp³-hybridized carbons (Fsp3) is 0.0625. The molecular weight excluding hydrogens is 323 g/mol. The van der Waals surface area contributed by atoms with Crippen LogP contribution in [0.5, 0.6) is 0 Å². The zero-order valence-electron chi connectivity index (χ0n) is 11.7. The molecular formula is C16H12F3N3S. The van der Waals surface area contributed by atoms with Gasteiger partial charge in [-0.1, -0.05) is 18.2 Å². The van der Waals surface area contributed by atoms with Crippen molar-refractivity contribution >= 4 is 39.6 Å². The van der Waals surface area contributed by atoms with Gasteiger partial charge in [0, 0.05) is 22.3 Å². The minimum atomic E-state index is -4.39. The topological polar surface area (TPSA) is 39.8 Å². The molecule has 0 unspecified atom stereocenters. The number of hydrogen-bond donors (Lipinski definition) is 3. The number of benzene rings is 2. The molecule has 0 atom stereocenters. The highest BCUT2D eigenvalue weighted by Crippen LogP contribution is 2.31. The lowest BCUT2D eigenvalue weighted by Gasteiger charge is -2.10. The van der Waals surface area contributed by atoms with Crippen LogP contribution in [0.2, 0.25) is 0 Å². The van der Waals surface area contributed by atoms with E-state index in [4.69, 9.17) is 12.2 Å². The number of fused-ring (bicyclic) bond motifs is 1. The van der Waals surface area contributed by atoms with Gasteiger partial charge in [-0.25, -0.2) is 0 Å². The lowest BCUT2D eigenvalue weighted by Crippen LogP contribution is -2.18. The Bertz CT molecular complexity index is 841. The van der Waals surface area contributed by atoms with Crippen LogP contribution in [0.15, 0.2) is 54.6 Å². The Morgan fingerprint density at radius 1 is 0.913 bits per heavy atom. The second-order valence-electron chi connectivity index (χ2n) is 4.93. The van der Waals surface area contributed by atoms with Gasteiger partial charge in [0.2, 0.25) is 0 Å². The standard InChI is InChI=1S/C16H12F3N3S/c17-16(18,19)14-9-10-8-12(6-7-13(10)22-14)21-15(23)20-11-4-2-1-3-5-11/h1-9,22H,(H2,20,21,23). The third-order valence-electron chi connectivity index (χ3n) is 3.22. The molecule has 3 rings (SSSR count). The van der Waals surface area contributed by atoms with Crippen molar-refractivity contribution in [1.82, 2.24) is 4.98 Å². The quantitative estimate of drug-likeness (QED) is 0.578. The summed E-state index contributed by atoms with van der Waals surface area (Å²) in [5.41, 5.74) is 1.09. The first-order valence-corrected chi connectivity index (χ1v) is 7.16. The van der Waals surface area contributed by atoms with Gasteiger partial charge in [-0.2, -0.15) is 13.2 Å². The highest BCUT2D eigenvalue weighted by Gasteiger charge is 2.32. The maximum atomic E-state index is 12.7. The van der Waals surface area contributed by atoms with Gasteiger partial charge in [-0.05, 0) is 48.6 Å². The summed E-state index contributed by atoms with van der Waals surface area (Å²) >= 11 is 5.20. The molecule has 0 aliphatic carbocycles. The minimum Gasteiger partial charge on any atom is -0.351 e. The van der Waals surface area contributed by atoms with E-state index in [1.807, 2.05) is 30.3 Å². The number of anilines is 2. The van der Waals surface area contributed by atoms with E-state index in [2.05, 4.69) is 15.6 Å². The van der Waals surface area contributed by atoms with Crippen molar-refractivity contribution in [3.05, 3.63) is 60.3 Å². The largest absolute Gasteiger partial charge is 0.431 e. The van der Waals surface area contributed by atoms with Crippen molar-refractivity contribution in [2.75, 3.05) is 10.6 Å². The molecule has 1 aromatic heterocycles. The zero-order chi connectivity index (χ0) is 16.4. The molecule has 0 fully saturated rings. The normalized spacial score (nSPS) is 11.4. The molecule has 0 bridgehead atoms. The number of aromatic amines is 1. The first kappa shape index (κ1) is 15.4. The lowest BCUT2D eigenvalue weighted by molar-refractivity contribution is -0.140. The fourth-order valence-corrected chi connectivity index (χ4v) is 2.41. The SMILES string of the molecule is FC(F)(F)c1cc2cc(NC(=S)Nc3ccccc3)ccc2[nH]1. The average Bonchev–Trinajstić information content (AvgIpc) is 2.91. The highest BCUT2D eigenvalue weighted by atomic mass is 32.1. The van der Waals surface area contributed by atoms with Crippen molar-refractivity contribution < 1.29 is 13.2 Å². The molecule has 0 spiro atoms. The summed E-state index contributed by atoms with van der Waals surface area (Å²) < 4.78 is 38.1. The van der Waals surface area contributed by atoms with Gasteiger partial charge in [-0.3, -0.25) is 0 Å². The molecule has 7 heteroatoms. The Labute approximate surface area is 135 Å². The summed E-state index contributed by atoms with van der Waals surface area (Å²) in [5, 5.41) is 6.78. The van der Waals surface area contributed by atoms with E-state index in [-0.39, 0.29) is 0 Å². The molecule has 118 valence electrons. The van der Waals surface area contributed by atoms with E-state index in [0.29, 0.717) is 21.7 Å². The van der Waals surface area contributed by atoms with Gasteiger partial charge in [0.05, 0.1) is 0 Å². The first-order chi connectivity index (χ1) is 10.9. The van der Waals surface area contributed by atoms with Crippen LogP contribution >= 0.6 is 12.2 Å². The summed E-state index contributed by atoms with van der Waals surface area (Å²) in [6, 6.07) is 15.3. The van der Waals surface area contributed by atoms with Crippen molar-refractivity contribution in [3.8, 4) is 0 Å². The predicted octanol–water partition coefficient (Wildman–Crippen LogP) is 5.00. The van der Waals surface area contributed by atoms with E-state index in [1.165, 1.54) is 0 Å². The fourth-order valence-electron chi connectivity index (χ4n) is 2.18. The zero-order valence-corrected chi connectivity index (χ0v) is 12.6. The molecule has 0 aliphatic heterocycles. The molecule has 0 radical (unpaired) electrons. The third kappa shape index (κ3) is 3.62. The Kier molecular flexibility index (Phi) is 3.96. The number of alkyl halides is 3. The Balaban J connectivity index is 1.77. The molecule has 23 heavy (non-hydrogen) atoms. The maximum Gasteiger partial charge on any atom is 0.431 e. The highest BCUT2D eigenvalue weighted by molar-refractivity contribution is 7.80. The summed E-state index contributed by atoms with van der Waals surface area (Å²) in [5.74, 6) is 0. The van der Waals surface area contributed by atoms with Gasteiger partial charge < -0.3 is 15.6 Å². The summed E-state index contributed by atoms with van der Waals surface area (Å²) in [6.07, 6.45) is -4.39. The van der Waals surface area contributed by atoms with Crippen molar-refractivity contribution in [3.63, 3.8) is 0 Å².